The van der Waals surface area contributed by atoms with Gasteiger partial charge < -0.3 is 15.2 Å². The lowest BCUT2D eigenvalue weighted by Crippen LogP contribution is -2.29. The lowest BCUT2D eigenvalue weighted by atomic mass is 9.95. The van der Waals surface area contributed by atoms with Gasteiger partial charge in [0, 0.05) is 36.2 Å². The maximum Gasteiger partial charge on any atom is 0.259 e. The predicted octanol–water partition coefficient (Wildman–Crippen LogP) is 4.30. The number of likely N-dealkylation sites (tertiary alicyclic amines) is 1. The highest BCUT2D eigenvalue weighted by atomic mass is 32.1. The number of rotatable bonds is 4. The third-order valence-corrected chi connectivity index (χ3v) is 7.16. The molecule has 1 aliphatic heterocycles. The Hall–Kier alpha value is -3.52. The van der Waals surface area contributed by atoms with E-state index in [2.05, 4.69) is 10.1 Å². The summed E-state index contributed by atoms with van der Waals surface area (Å²) in [6, 6.07) is 11.7. The number of amides is 2. The van der Waals surface area contributed by atoms with Gasteiger partial charge in [0.05, 0.1) is 4.88 Å². The van der Waals surface area contributed by atoms with Crippen LogP contribution in [0.1, 0.15) is 49.3 Å². The lowest BCUT2D eigenvalue weighted by molar-refractivity contribution is 0.0789. The van der Waals surface area contributed by atoms with Crippen LogP contribution in [-0.2, 0) is 0 Å². The van der Waals surface area contributed by atoms with Gasteiger partial charge in [-0.2, -0.15) is 0 Å². The molecule has 0 bridgehead atoms. The minimum Gasteiger partial charge on any atom is -0.365 e. The van der Waals surface area contributed by atoms with Crippen LogP contribution in [0.2, 0.25) is 0 Å². The molecule has 0 saturated carbocycles. The molecule has 1 aliphatic rings. The van der Waals surface area contributed by atoms with E-state index in [1.54, 1.807) is 13.1 Å². The Bertz CT molecular complexity index is 1340. The molecule has 1 atom stereocenters. The average Bonchev–Trinajstić information content (AvgIpc) is 3.50. The second-order valence-electron chi connectivity index (χ2n) is 8.13. The van der Waals surface area contributed by atoms with Gasteiger partial charge in [0.15, 0.2) is 0 Å². The number of hydrogen-bond donors (Lipinski definition) is 1. The third-order valence-electron chi connectivity index (χ3n) is 6.01. The van der Waals surface area contributed by atoms with Gasteiger partial charge in [0.25, 0.3) is 11.8 Å². The molecule has 0 aliphatic carbocycles. The van der Waals surface area contributed by atoms with E-state index < -0.39 is 5.91 Å². The van der Waals surface area contributed by atoms with Crippen LogP contribution in [0.15, 0.2) is 47.1 Å². The van der Waals surface area contributed by atoms with Crippen LogP contribution < -0.4 is 5.73 Å². The third kappa shape index (κ3) is 3.36. The molecule has 1 saturated heterocycles. The molecule has 32 heavy (non-hydrogen) atoms. The highest BCUT2D eigenvalue weighted by molar-refractivity contribution is 7.20. The number of primary amides is 1. The van der Waals surface area contributed by atoms with Crippen molar-refractivity contribution >= 4 is 33.4 Å². The van der Waals surface area contributed by atoms with Gasteiger partial charge in [-0.05, 0) is 31.9 Å². The molecule has 3 aromatic heterocycles. The minimum absolute atomic E-state index is 0.0161. The van der Waals surface area contributed by atoms with Gasteiger partial charge >= 0.3 is 0 Å². The van der Waals surface area contributed by atoms with Crippen molar-refractivity contribution in [1.82, 2.24) is 15.0 Å². The monoisotopic (exact) mass is 446 g/mol. The molecule has 1 unspecified atom stereocenters. The summed E-state index contributed by atoms with van der Waals surface area (Å²) in [6.45, 7) is 4.85. The average molecular weight is 447 g/mol. The van der Waals surface area contributed by atoms with Crippen LogP contribution in [0, 0.1) is 13.8 Å². The first-order valence-corrected chi connectivity index (χ1v) is 11.3. The number of nitrogens with two attached hydrogens (primary N) is 1. The maximum atomic E-state index is 13.5. The van der Waals surface area contributed by atoms with Crippen LogP contribution >= 0.6 is 11.3 Å². The van der Waals surface area contributed by atoms with E-state index in [1.165, 1.54) is 11.3 Å². The summed E-state index contributed by atoms with van der Waals surface area (Å²) in [5.41, 5.74) is 9.60. The Morgan fingerprint density at radius 1 is 1.19 bits per heavy atom. The number of benzene rings is 1. The zero-order chi connectivity index (χ0) is 22.4. The van der Waals surface area contributed by atoms with Gasteiger partial charge in [0.1, 0.15) is 21.8 Å². The number of carbonyl (C=O) groups is 2. The molecular weight excluding hydrogens is 424 g/mol. The first-order valence-electron chi connectivity index (χ1n) is 10.4. The van der Waals surface area contributed by atoms with Crippen LogP contribution in [-0.4, -0.2) is 39.9 Å². The Balaban J connectivity index is 1.47. The quantitative estimate of drug-likeness (QED) is 0.504. The van der Waals surface area contributed by atoms with Crippen molar-refractivity contribution < 1.29 is 14.1 Å². The highest BCUT2D eigenvalue weighted by Gasteiger charge is 2.35. The molecule has 7 nitrogen and oxygen atoms in total. The number of pyridine rings is 1. The molecule has 1 aromatic carbocycles. The van der Waals surface area contributed by atoms with Gasteiger partial charge in [-0.15, -0.1) is 11.3 Å². The summed E-state index contributed by atoms with van der Waals surface area (Å²) < 4.78 is 5.40. The summed E-state index contributed by atoms with van der Waals surface area (Å²) >= 11 is 1.32. The number of aryl methyl sites for hydroxylation is 2. The molecule has 162 valence electrons. The lowest BCUT2D eigenvalue weighted by Gasteiger charge is -2.17. The number of nitrogens with zero attached hydrogens (tertiary/aromatic N) is 3. The van der Waals surface area contributed by atoms with Crippen molar-refractivity contribution in [3.8, 4) is 11.3 Å². The first kappa shape index (κ1) is 20.4. The van der Waals surface area contributed by atoms with Crippen LogP contribution in [0.25, 0.3) is 21.5 Å². The molecule has 2 amide bonds. The van der Waals surface area contributed by atoms with Crippen molar-refractivity contribution in [2.75, 3.05) is 13.1 Å². The Kier molecular flexibility index (Phi) is 5.01. The van der Waals surface area contributed by atoms with Gasteiger partial charge in [0.2, 0.25) is 0 Å². The number of hydrogen-bond acceptors (Lipinski definition) is 6. The predicted molar refractivity (Wildman–Crippen MR) is 123 cm³/mol. The first-order chi connectivity index (χ1) is 15.4. The van der Waals surface area contributed by atoms with E-state index in [0.717, 1.165) is 33.3 Å². The van der Waals surface area contributed by atoms with Crippen molar-refractivity contribution in [1.29, 1.82) is 0 Å². The number of fused-ring (bicyclic) bond motifs is 1. The minimum atomic E-state index is -0.454. The molecule has 4 aromatic rings. The largest absolute Gasteiger partial charge is 0.365 e. The number of thiophene rings is 1. The molecule has 4 heterocycles. The fourth-order valence-electron chi connectivity index (χ4n) is 4.41. The second-order valence-corrected chi connectivity index (χ2v) is 9.13. The van der Waals surface area contributed by atoms with E-state index in [9.17, 15) is 9.59 Å². The van der Waals surface area contributed by atoms with E-state index >= 15 is 0 Å². The number of aromatic nitrogens is 2. The second kappa shape index (κ2) is 7.87. The molecule has 0 spiro atoms. The zero-order valence-electron chi connectivity index (χ0n) is 17.8. The summed E-state index contributed by atoms with van der Waals surface area (Å²) in [5, 5.41) is 5.10. The van der Waals surface area contributed by atoms with Crippen molar-refractivity contribution in [2.45, 2.75) is 26.2 Å². The smallest absolute Gasteiger partial charge is 0.259 e. The zero-order valence-corrected chi connectivity index (χ0v) is 18.6. The topological polar surface area (TPSA) is 102 Å². The highest BCUT2D eigenvalue weighted by Crippen LogP contribution is 2.40. The summed E-state index contributed by atoms with van der Waals surface area (Å²) in [4.78, 5) is 33.1. The van der Waals surface area contributed by atoms with E-state index in [1.807, 2.05) is 48.2 Å². The van der Waals surface area contributed by atoms with Gasteiger partial charge in [-0.3, -0.25) is 9.59 Å². The van der Waals surface area contributed by atoms with Crippen LogP contribution in [0.5, 0.6) is 0 Å². The molecule has 0 radical (unpaired) electrons. The molecule has 8 heteroatoms. The fraction of sp³-hybridized carbons (Fsp3) is 0.250. The van der Waals surface area contributed by atoms with E-state index in [-0.39, 0.29) is 11.8 Å². The molecule has 5 rings (SSSR count). The normalized spacial score (nSPS) is 16.1. The van der Waals surface area contributed by atoms with Crippen molar-refractivity contribution in [3.63, 3.8) is 0 Å². The van der Waals surface area contributed by atoms with Gasteiger partial charge in [-0.25, -0.2) is 4.98 Å². The summed E-state index contributed by atoms with van der Waals surface area (Å²) in [6.07, 6.45) is 2.45. The van der Waals surface area contributed by atoms with Crippen LogP contribution in [0.4, 0.5) is 0 Å². The summed E-state index contributed by atoms with van der Waals surface area (Å²) in [7, 11) is 0. The van der Waals surface area contributed by atoms with Crippen LogP contribution in [0.3, 0.4) is 0 Å². The molecular formula is C24H22N4O3S. The molecule has 1 fully saturated rings. The van der Waals surface area contributed by atoms with E-state index in [4.69, 9.17) is 10.3 Å². The van der Waals surface area contributed by atoms with Crippen molar-refractivity contribution in [3.05, 3.63) is 69.9 Å². The van der Waals surface area contributed by atoms with Gasteiger partial charge in [-0.1, -0.05) is 41.1 Å². The van der Waals surface area contributed by atoms with Crippen molar-refractivity contribution in [2.24, 2.45) is 5.73 Å². The Labute approximate surface area is 188 Å². The summed E-state index contributed by atoms with van der Waals surface area (Å²) in [5.74, 6) is -0.0520. The maximum absolute atomic E-state index is 13.5. The molecule has 2 N–H and O–H groups in total. The standard InChI is InChI=1S/C24H22N4O3S/c1-13-5-7-15(8-6-13)20-18(14(2)31-27-20)24(30)28-11-9-16(12-28)19-17-4-3-10-26-23(17)32-21(19)22(25)29/h3-8,10,16H,9,11-12H2,1-2H3,(H2,25,29). The number of carbonyl (C=O) groups excluding carboxylic acids is 2. The Morgan fingerprint density at radius 2 is 1.97 bits per heavy atom. The Morgan fingerprint density at radius 3 is 2.72 bits per heavy atom. The fourth-order valence-corrected chi connectivity index (χ4v) is 5.49. The van der Waals surface area contributed by atoms with E-state index in [0.29, 0.717) is 35.0 Å². The SMILES string of the molecule is Cc1ccc(-c2noc(C)c2C(=O)N2CCC(c3c(C(N)=O)sc4ncccc34)C2)cc1.